The molecule has 8 heteroatoms. The van der Waals surface area contributed by atoms with Crippen molar-refractivity contribution in [2.45, 2.75) is 58.5 Å². The van der Waals surface area contributed by atoms with Crippen LogP contribution in [0.4, 0.5) is 5.69 Å². The van der Waals surface area contributed by atoms with Gasteiger partial charge in [-0.05, 0) is 62.0 Å². The van der Waals surface area contributed by atoms with E-state index in [0.717, 1.165) is 18.6 Å². The van der Waals surface area contributed by atoms with Crippen molar-refractivity contribution in [3.8, 4) is 5.75 Å². The molecular formula is C24H31N3O4S. The third kappa shape index (κ3) is 5.88. The van der Waals surface area contributed by atoms with Gasteiger partial charge < -0.3 is 19.4 Å². The van der Waals surface area contributed by atoms with Crippen molar-refractivity contribution in [3.05, 3.63) is 48.4 Å². The average Bonchev–Trinajstić information content (AvgIpc) is 3.40. The topological polar surface area (TPSA) is 75.0 Å². The van der Waals surface area contributed by atoms with E-state index in [1.165, 1.54) is 17.7 Å². The highest BCUT2D eigenvalue weighted by Crippen LogP contribution is 2.28. The number of benzene rings is 1. The molecule has 1 aromatic carbocycles. The quantitative estimate of drug-likeness (QED) is 0.307. The van der Waals surface area contributed by atoms with Gasteiger partial charge in [0.15, 0.2) is 5.11 Å². The molecule has 1 N–H and O–H groups in total. The van der Waals surface area contributed by atoms with Crippen molar-refractivity contribution in [1.29, 1.82) is 0 Å². The molecule has 1 saturated heterocycles. The molecule has 0 bridgehead atoms. The number of anilines is 1. The van der Waals surface area contributed by atoms with Crippen LogP contribution in [0, 0.1) is 0 Å². The Kier molecular flexibility index (Phi) is 8.67. The maximum Gasteiger partial charge on any atom is 0.257 e. The number of furan rings is 1. The molecule has 1 atom stereocenters. The van der Waals surface area contributed by atoms with Gasteiger partial charge in [-0.1, -0.05) is 26.2 Å². The zero-order valence-electron chi connectivity index (χ0n) is 18.7. The van der Waals surface area contributed by atoms with Crippen molar-refractivity contribution >= 4 is 34.8 Å². The van der Waals surface area contributed by atoms with E-state index in [1.54, 1.807) is 41.5 Å². The van der Waals surface area contributed by atoms with E-state index < -0.39 is 6.04 Å². The van der Waals surface area contributed by atoms with Gasteiger partial charge in [-0.2, -0.15) is 0 Å². The van der Waals surface area contributed by atoms with Gasteiger partial charge in [-0.15, -0.1) is 0 Å². The first kappa shape index (κ1) is 23.8. The second kappa shape index (κ2) is 11.7. The van der Waals surface area contributed by atoms with E-state index in [9.17, 15) is 9.59 Å². The lowest BCUT2D eigenvalue weighted by atomic mass is 10.2. The number of nitrogens with one attached hydrogen (secondary N) is 1. The molecule has 0 aliphatic carbocycles. The smallest absolute Gasteiger partial charge is 0.257 e. The van der Waals surface area contributed by atoms with Crippen LogP contribution >= 0.6 is 12.2 Å². The lowest BCUT2D eigenvalue weighted by Crippen LogP contribution is -2.49. The number of hydrogen-bond donors (Lipinski definition) is 1. The number of thiocarbonyl (C=S) groups is 1. The Morgan fingerprint density at radius 3 is 2.62 bits per heavy atom. The molecule has 3 rings (SSSR count). The molecule has 1 aromatic heterocycles. The summed E-state index contributed by atoms with van der Waals surface area (Å²) in [5.41, 5.74) is 0.535. The fourth-order valence-corrected chi connectivity index (χ4v) is 4.02. The normalized spacial score (nSPS) is 15.8. The summed E-state index contributed by atoms with van der Waals surface area (Å²) in [6.45, 7) is 5.69. The number of hydrogen-bond acceptors (Lipinski definition) is 5. The van der Waals surface area contributed by atoms with Gasteiger partial charge in [-0.25, -0.2) is 4.90 Å². The Bertz CT molecular complexity index is 898. The van der Waals surface area contributed by atoms with Crippen LogP contribution in [0.1, 0.15) is 51.7 Å². The Labute approximate surface area is 194 Å². The molecule has 2 amide bonds. The highest BCUT2D eigenvalue weighted by atomic mass is 32.1. The Balaban J connectivity index is 1.69. The molecule has 0 radical (unpaired) electrons. The summed E-state index contributed by atoms with van der Waals surface area (Å²) in [7, 11) is 0. The number of amides is 2. The van der Waals surface area contributed by atoms with E-state index in [4.69, 9.17) is 21.4 Å². The summed E-state index contributed by atoms with van der Waals surface area (Å²) in [5, 5.41) is 3.50. The van der Waals surface area contributed by atoms with Gasteiger partial charge in [0.05, 0.1) is 31.5 Å². The van der Waals surface area contributed by atoms with Gasteiger partial charge in [0.2, 0.25) is 5.91 Å². The molecule has 1 unspecified atom stereocenters. The maximum atomic E-state index is 13.3. The summed E-state index contributed by atoms with van der Waals surface area (Å²) in [4.78, 5) is 29.0. The number of nitrogens with zero attached hydrogens (tertiary/aromatic N) is 2. The Morgan fingerprint density at radius 2 is 1.97 bits per heavy atom. The molecule has 2 aromatic rings. The van der Waals surface area contributed by atoms with Crippen molar-refractivity contribution in [1.82, 2.24) is 10.2 Å². The first-order valence-electron chi connectivity index (χ1n) is 11.2. The standard InChI is InChI=1S/C24H31N3O4S/c1-3-5-6-7-14-30-19-12-10-18(11-13-19)27-22(28)16-21(23(27)29)26(24(32)25-4-2)17-20-9-8-15-31-20/h8-13,15,21H,3-7,14,16-17H2,1-2H3,(H,25,32). The molecule has 7 nitrogen and oxygen atoms in total. The SMILES string of the molecule is CCCCCCOc1ccc(N2C(=O)CC(N(Cc3ccco3)C(=S)NCC)C2=O)cc1. The molecule has 2 heterocycles. The zero-order chi connectivity index (χ0) is 22.9. The summed E-state index contributed by atoms with van der Waals surface area (Å²) >= 11 is 5.49. The summed E-state index contributed by atoms with van der Waals surface area (Å²) < 4.78 is 11.2. The minimum atomic E-state index is -0.686. The second-order valence-corrected chi connectivity index (χ2v) is 8.12. The van der Waals surface area contributed by atoms with Crippen molar-refractivity contribution < 1.29 is 18.7 Å². The van der Waals surface area contributed by atoms with E-state index in [0.29, 0.717) is 36.3 Å². The third-order valence-corrected chi connectivity index (χ3v) is 5.73. The highest BCUT2D eigenvalue weighted by molar-refractivity contribution is 7.80. The van der Waals surface area contributed by atoms with Crippen LogP contribution < -0.4 is 15.0 Å². The Hall–Kier alpha value is -2.87. The van der Waals surface area contributed by atoms with Gasteiger partial charge in [0.1, 0.15) is 17.6 Å². The molecule has 32 heavy (non-hydrogen) atoms. The van der Waals surface area contributed by atoms with E-state index in [2.05, 4.69) is 12.2 Å². The predicted molar refractivity (Wildman–Crippen MR) is 128 cm³/mol. The largest absolute Gasteiger partial charge is 0.494 e. The van der Waals surface area contributed by atoms with Crippen molar-refractivity contribution in [2.24, 2.45) is 0 Å². The van der Waals surface area contributed by atoms with Crippen LogP contribution in [0.2, 0.25) is 0 Å². The number of unbranched alkanes of at least 4 members (excludes halogenated alkanes) is 3. The van der Waals surface area contributed by atoms with E-state index in [-0.39, 0.29) is 18.2 Å². The van der Waals surface area contributed by atoms with Crippen LogP contribution in [0.3, 0.4) is 0 Å². The van der Waals surface area contributed by atoms with Crippen LogP contribution in [-0.4, -0.2) is 41.0 Å². The fourth-order valence-electron chi connectivity index (χ4n) is 3.69. The summed E-state index contributed by atoms with van der Waals surface area (Å²) in [5.74, 6) is 0.852. The van der Waals surface area contributed by atoms with Crippen molar-refractivity contribution in [2.75, 3.05) is 18.1 Å². The monoisotopic (exact) mass is 457 g/mol. The van der Waals surface area contributed by atoms with Crippen LogP contribution in [0.5, 0.6) is 5.75 Å². The lowest BCUT2D eigenvalue weighted by Gasteiger charge is -2.29. The minimum Gasteiger partial charge on any atom is -0.494 e. The number of imide groups is 1. The van der Waals surface area contributed by atoms with E-state index >= 15 is 0 Å². The lowest BCUT2D eigenvalue weighted by molar-refractivity contribution is -0.122. The molecule has 0 spiro atoms. The highest BCUT2D eigenvalue weighted by Gasteiger charge is 2.43. The molecule has 0 saturated carbocycles. The number of rotatable bonds is 11. The van der Waals surface area contributed by atoms with Gasteiger partial charge in [0.25, 0.3) is 5.91 Å². The summed E-state index contributed by atoms with van der Waals surface area (Å²) in [6.07, 6.45) is 6.18. The summed E-state index contributed by atoms with van der Waals surface area (Å²) in [6, 6.07) is 10.0. The minimum absolute atomic E-state index is 0.0563. The predicted octanol–water partition coefficient (Wildman–Crippen LogP) is 4.27. The van der Waals surface area contributed by atoms with Gasteiger partial charge in [0, 0.05) is 6.54 Å². The number of carbonyl (C=O) groups excluding carboxylic acids is 2. The number of ether oxygens (including phenoxy) is 1. The van der Waals surface area contributed by atoms with Crippen LogP contribution in [0.25, 0.3) is 0 Å². The van der Waals surface area contributed by atoms with Crippen LogP contribution in [0.15, 0.2) is 47.1 Å². The molecule has 1 aliphatic heterocycles. The first-order valence-corrected chi connectivity index (χ1v) is 11.6. The molecule has 1 aliphatic rings. The Morgan fingerprint density at radius 1 is 1.19 bits per heavy atom. The average molecular weight is 458 g/mol. The van der Waals surface area contributed by atoms with Crippen molar-refractivity contribution in [3.63, 3.8) is 0 Å². The van der Waals surface area contributed by atoms with Gasteiger partial charge >= 0.3 is 0 Å². The molecule has 1 fully saturated rings. The second-order valence-electron chi connectivity index (χ2n) is 7.73. The number of carbonyl (C=O) groups is 2. The third-order valence-electron chi connectivity index (χ3n) is 5.36. The maximum absolute atomic E-state index is 13.3. The molecule has 172 valence electrons. The fraction of sp³-hybridized carbons (Fsp3) is 0.458. The van der Waals surface area contributed by atoms with Gasteiger partial charge in [-0.3, -0.25) is 9.59 Å². The van der Waals surface area contributed by atoms with Crippen LogP contribution in [-0.2, 0) is 16.1 Å². The van der Waals surface area contributed by atoms with E-state index in [1.807, 2.05) is 13.0 Å². The molecular weight excluding hydrogens is 426 g/mol. The first-order chi connectivity index (χ1) is 15.5. The zero-order valence-corrected chi connectivity index (χ0v) is 19.5.